The minimum Gasteiger partial charge on any atom is -0.494 e. The molecule has 2 aromatic carbocycles. The minimum atomic E-state index is -0.546. The van der Waals surface area contributed by atoms with Crippen molar-refractivity contribution in [3.05, 3.63) is 59.9 Å². The average molecular weight is 332 g/mol. The van der Waals surface area contributed by atoms with Gasteiger partial charge in [-0.25, -0.2) is 9.18 Å². The van der Waals surface area contributed by atoms with E-state index in [0.717, 1.165) is 5.56 Å². The van der Waals surface area contributed by atoms with Gasteiger partial charge in [-0.3, -0.25) is 0 Å². The van der Waals surface area contributed by atoms with E-state index >= 15 is 0 Å². The molecule has 0 aliphatic carbocycles. The van der Waals surface area contributed by atoms with Crippen LogP contribution in [0, 0.1) is 5.82 Å². The molecule has 0 saturated carbocycles. The predicted octanol–water partition coefficient (Wildman–Crippen LogP) is 3.47. The van der Waals surface area contributed by atoms with Crippen LogP contribution < -0.4 is 15.4 Å². The smallest absolute Gasteiger partial charge is 0.319 e. The number of methoxy groups -OCH3 is 1. The first-order valence-corrected chi connectivity index (χ1v) is 7.71. The van der Waals surface area contributed by atoms with Crippen molar-refractivity contribution in [2.45, 2.75) is 18.9 Å². The summed E-state index contributed by atoms with van der Waals surface area (Å²) in [4.78, 5) is 12.2. The predicted molar refractivity (Wildman–Crippen MR) is 90.6 cm³/mol. The van der Waals surface area contributed by atoms with E-state index < -0.39 is 11.8 Å². The molecule has 2 rings (SSSR count). The lowest BCUT2D eigenvalue weighted by atomic mass is 10.0. The number of ether oxygens (including phenoxy) is 1. The molecule has 6 heteroatoms. The fourth-order valence-electron chi connectivity index (χ4n) is 2.37. The molecule has 2 aromatic rings. The monoisotopic (exact) mass is 332 g/mol. The molecule has 0 bridgehead atoms. The van der Waals surface area contributed by atoms with E-state index in [-0.39, 0.29) is 18.4 Å². The summed E-state index contributed by atoms with van der Waals surface area (Å²) in [7, 11) is 1.38. The summed E-state index contributed by atoms with van der Waals surface area (Å²) in [6.07, 6.45) is 1.17. The summed E-state index contributed by atoms with van der Waals surface area (Å²) >= 11 is 0. The molecule has 0 aromatic heterocycles. The zero-order chi connectivity index (χ0) is 17.4. The van der Waals surface area contributed by atoms with Gasteiger partial charge in [0.05, 0.1) is 13.2 Å². The maximum atomic E-state index is 13.7. The second-order valence-electron chi connectivity index (χ2n) is 5.28. The molecule has 0 spiro atoms. The zero-order valence-electron chi connectivity index (χ0n) is 13.5. The molecule has 0 aliphatic rings. The van der Waals surface area contributed by atoms with E-state index in [0.29, 0.717) is 18.5 Å². The van der Waals surface area contributed by atoms with Crippen molar-refractivity contribution >= 4 is 11.7 Å². The van der Waals surface area contributed by atoms with Crippen LogP contribution in [0.5, 0.6) is 5.75 Å². The fourth-order valence-corrected chi connectivity index (χ4v) is 2.37. The number of hydrogen-bond donors (Lipinski definition) is 3. The quantitative estimate of drug-likeness (QED) is 0.727. The van der Waals surface area contributed by atoms with Crippen LogP contribution in [0.15, 0.2) is 48.5 Å². The molecule has 0 heterocycles. The van der Waals surface area contributed by atoms with Crippen LogP contribution in [-0.4, -0.2) is 24.9 Å². The Balaban J connectivity index is 2.03. The lowest BCUT2D eigenvalue weighted by Gasteiger charge is -2.19. The first-order valence-electron chi connectivity index (χ1n) is 7.71. The number of nitrogens with one attached hydrogen (secondary N) is 2. The first kappa shape index (κ1) is 17.7. The number of hydrogen-bond acceptors (Lipinski definition) is 3. The lowest BCUT2D eigenvalue weighted by Crippen LogP contribution is -2.32. The number of rotatable bonds is 7. The minimum absolute atomic E-state index is 0.0519. The lowest BCUT2D eigenvalue weighted by molar-refractivity contribution is 0.244. The van der Waals surface area contributed by atoms with E-state index in [1.165, 1.54) is 19.2 Å². The second kappa shape index (κ2) is 8.88. The van der Waals surface area contributed by atoms with Gasteiger partial charge in [0.1, 0.15) is 0 Å². The van der Waals surface area contributed by atoms with Gasteiger partial charge >= 0.3 is 6.03 Å². The number of aliphatic hydroxyl groups is 1. The molecule has 2 amide bonds. The third kappa shape index (κ3) is 4.96. The normalized spacial score (nSPS) is 11.6. The number of halogens is 1. The first-order chi connectivity index (χ1) is 11.6. The SMILES string of the molecule is COc1ccc(NC(=O)N[C@@H](CCCO)c2ccccc2)cc1F. The molecule has 3 N–H and O–H groups in total. The number of carbonyl (C=O) groups excluding carboxylic acids is 1. The molecular formula is C18H21FN2O3. The Hall–Kier alpha value is -2.60. The van der Waals surface area contributed by atoms with Crippen molar-refractivity contribution in [3.63, 3.8) is 0 Å². The van der Waals surface area contributed by atoms with Crippen LogP contribution in [0.25, 0.3) is 0 Å². The molecule has 0 unspecified atom stereocenters. The van der Waals surface area contributed by atoms with Gasteiger partial charge in [-0.2, -0.15) is 0 Å². The van der Waals surface area contributed by atoms with E-state index in [1.54, 1.807) is 6.07 Å². The highest BCUT2D eigenvalue weighted by atomic mass is 19.1. The van der Waals surface area contributed by atoms with E-state index in [4.69, 9.17) is 9.84 Å². The highest BCUT2D eigenvalue weighted by molar-refractivity contribution is 5.89. The summed E-state index contributed by atoms with van der Waals surface area (Å²) in [6.45, 7) is 0.0519. The van der Waals surface area contributed by atoms with Crippen LogP contribution in [0.1, 0.15) is 24.4 Å². The Morgan fingerprint density at radius 2 is 2.00 bits per heavy atom. The molecule has 128 valence electrons. The van der Waals surface area contributed by atoms with Crippen molar-refractivity contribution in [1.29, 1.82) is 0 Å². The highest BCUT2D eigenvalue weighted by Crippen LogP contribution is 2.21. The summed E-state index contributed by atoms with van der Waals surface area (Å²) < 4.78 is 18.5. The van der Waals surface area contributed by atoms with Gasteiger partial charge in [0.2, 0.25) is 0 Å². The second-order valence-corrected chi connectivity index (χ2v) is 5.28. The van der Waals surface area contributed by atoms with E-state index in [9.17, 15) is 9.18 Å². The Kier molecular flexibility index (Phi) is 6.57. The van der Waals surface area contributed by atoms with Crippen molar-refractivity contribution in [1.82, 2.24) is 5.32 Å². The van der Waals surface area contributed by atoms with Gasteiger partial charge in [-0.15, -0.1) is 0 Å². The van der Waals surface area contributed by atoms with Crippen LogP contribution in [0.2, 0.25) is 0 Å². The van der Waals surface area contributed by atoms with Crippen molar-refractivity contribution in [3.8, 4) is 5.75 Å². The van der Waals surface area contributed by atoms with Gasteiger partial charge in [-0.05, 0) is 30.5 Å². The van der Waals surface area contributed by atoms with Gasteiger partial charge in [-0.1, -0.05) is 30.3 Å². The summed E-state index contributed by atoms with van der Waals surface area (Å²) in [5.74, 6) is -0.429. The number of anilines is 1. The maximum absolute atomic E-state index is 13.7. The standard InChI is InChI=1S/C18H21FN2O3/c1-24-17-10-9-14(12-15(17)19)20-18(23)21-16(8-5-11-22)13-6-3-2-4-7-13/h2-4,6-7,9-10,12,16,22H,5,8,11H2,1H3,(H2,20,21,23)/t16-/m0/s1. The van der Waals surface area contributed by atoms with Crippen molar-refractivity contribution < 1.29 is 19.0 Å². The molecule has 24 heavy (non-hydrogen) atoms. The Labute approximate surface area is 140 Å². The summed E-state index contributed by atoms with van der Waals surface area (Å²) in [6, 6.07) is 13.0. The topological polar surface area (TPSA) is 70.6 Å². The molecule has 0 saturated heterocycles. The number of aliphatic hydroxyl groups excluding tert-OH is 1. The van der Waals surface area contributed by atoms with Gasteiger partial charge in [0.25, 0.3) is 0 Å². The Bertz CT molecular complexity index is 665. The third-order valence-electron chi connectivity index (χ3n) is 3.57. The van der Waals surface area contributed by atoms with E-state index in [2.05, 4.69) is 10.6 Å². The average Bonchev–Trinajstić information content (AvgIpc) is 2.59. The Morgan fingerprint density at radius 1 is 1.25 bits per heavy atom. The largest absolute Gasteiger partial charge is 0.494 e. The Morgan fingerprint density at radius 3 is 2.62 bits per heavy atom. The fraction of sp³-hybridized carbons (Fsp3) is 0.278. The highest BCUT2D eigenvalue weighted by Gasteiger charge is 2.14. The third-order valence-corrected chi connectivity index (χ3v) is 3.57. The number of carbonyl (C=O) groups is 1. The molecule has 5 nitrogen and oxygen atoms in total. The maximum Gasteiger partial charge on any atom is 0.319 e. The summed E-state index contributed by atoms with van der Waals surface area (Å²) in [5, 5.41) is 14.5. The number of urea groups is 1. The molecular weight excluding hydrogens is 311 g/mol. The zero-order valence-corrected chi connectivity index (χ0v) is 13.5. The van der Waals surface area contributed by atoms with Crippen LogP contribution in [0.3, 0.4) is 0 Å². The molecule has 0 aliphatic heterocycles. The molecule has 0 radical (unpaired) electrons. The van der Waals surface area contributed by atoms with E-state index in [1.807, 2.05) is 30.3 Å². The van der Waals surface area contributed by atoms with Crippen LogP contribution in [0.4, 0.5) is 14.9 Å². The molecule has 1 atom stereocenters. The van der Waals surface area contributed by atoms with Gasteiger partial charge < -0.3 is 20.5 Å². The van der Waals surface area contributed by atoms with Crippen LogP contribution >= 0.6 is 0 Å². The van der Waals surface area contributed by atoms with Crippen molar-refractivity contribution in [2.75, 3.05) is 19.0 Å². The van der Waals surface area contributed by atoms with Crippen molar-refractivity contribution in [2.24, 2.45) is 0 Å². The van der Waals surface area contributed by atoms with Crippen LogP contribution in [-0.2, 0) is 0 Å². The van der Waals surface area contributed by atoms with Gasteiger partial charge in [0.15, 0.2) is 11.6 Å². The molecule has 0 fully saturated rings. The number of amides is 2. The summed E-state index contributed by atoms with van der Waals surface area (Å²) in [5.41, 5.74) is 1.28. The van der Waals surface area contributed by atoms with Gasteiger partial charge in [0, 0.05) is 18.4 Å². The number of benzene rings is 2.